The van der Waals surface area contributed by atoms with Crippen LogP contribution in [-0.2, 0) is 16.6 Å². The number of hydrogen-bond acceptors (Lipinski definition) is 9. The topological polar surface area (TPSA) is 157 Å². The first-order chi connectivity index (χ1) is 17.2. The largest absolute Gasteiger partial charge is 0.441 e. The number of nitrogens with one attached hydrogen (secondary N) is 2. The van der Waals surface area contributed by atoms with E-state index in [1.54, 1.807) is 51.5 Å². The van der Waals surface area contributed by atoms with E-state index < -0.39 is 17.8 Å². The van der Waals surface area contributed by atoms with E-state index in [1.165, 1.54) is 17.1 Å². The van der Waals surface area contributed by atoms with Crippen molar-refractivity contribution >= 4 is 41.3 Å². The van der Waals surface area contributed by atoms with Gasteiger partial charge in [-0.2, -0.15) is 0 Å². The maximum Gasteiger partial charge on any atom is 0.413 e. The van der Waals surface area contributed by atoms with E-state index in [0.29, 0.717) is 35.5 Å². The molecule has 1 aliphatic carbocycles. The molecule has 0 unspecified atom stereocenters. The van der Waals surface area contributed by atoms with Gasteiger partial charge >= 0.3 is 6.09 Å². The number of aryl methyl sites for hydroxylation is 1. The predicted molar refractivity (Wildman–Crippen MR) is 133 cm³/mol. The quantitative estimate of drug-likeness (QED) is 0.322. The molecule has 3 N–H and O–H groups in total. The smallest absolute Gasteiger partial charge is 0.413 e. The highest BCUT2D eigenvalue weighted by molar-refractivity contribution is 6.30. The summed E-state index contributed by atoms with van der Waals surface area (Å²) >= 11 is 6.08. The monoisotopic (exact) mass is 512 g/mol. The first-order valence-corrected chi connectivity index (χ1v) is 11.5. The van der Waals surface area contributed by atoms with E-state index in [2.05, 4.69) is 35.9 Å². The number of hydrogen-bond donors (Lipinski definition) is 3. The summed E-state index contributed by atoms with van der Waals surface area (Å²) in [5.41, 5.74) is 0.793. The predicted octanol–water partition coefficient (Wildman–Crippen LogP) is 3.02. The molecule has 0 saturated heterocycles. The SMILES string of the molecule is CN=CC1(O)CC(C(=O)Nc2ccc(-c3nnn(C)c3NC(=O)O[C@H](C)c3cccnc3Cl)nc2)C1. The molecule has 4 rings (SSSR count). The number of amides is 2. The van der Waals surface area contributed by atoms with Crippen LogP contribution in [0.3, 0.4) is 0 Å². The van der Waals surface area contributed by atoms with Crippen molar-refractivity contribution in [2.45, 2.75) is 31.5 Å². The molecule has 0 aromatic carbocycles. The molecule has 0 aliphatic heterocycles. The van der Waals surface area contributed by atoms with Gasteiger partial charge in [0.2, 0.25) is 5.91 Å². The first kappa shape index (κ1) is 25.2. The Balaban J connectivity index is 1.39. The summed E-state index contributed by atoms with van der Waals surface area (Å²) in [5, 5.41) is 23.9. The minimum Gasteiger partial charge on any atom is -0.441 e. The van der Waals surface area contributed by atoms with Crippen LogP contribution in [0.25, 0.3) is 11.4 Å². The second kappa shape index (κ2) is 10.4. The molecular weight excluding hydrogens is 488 g/mol. The number of nitrogens with zero attached hydrogens (tertiary/aromatic N) is 6. The van der Waals surface area contributed by atoms with Crippen LogP contribution in [0.5, 0.6) is 0 Å². The van der Waals surface area contributed by atoms with Crippen LogP contribution in [0, 0.1) is 5.92 Å². The summed E-state index contributed by atoms with van der Waals surface area (Å²) in [6, 6.07) is 6.74. The van der Waals surface area contributed by atoms with Crippen LogP contribution in [0.1, 0.15) is 31.4 Å². The fourth-order valence-electron chi connectivity index (χ4n) is 3.90. The third kappa shape index (κ3) is 5.50. The summed E-state index contributed by atoms with van der Waals surface area (Å²) in [4.78, 5) is 37.1. The Kier molecular flexibility index (Phi) is 7.27. The molecule has 0 radical (unpaired) electrons. The number of pyridine rings is 2. The standard InChI is InChI=1S/C23H25ClN8O4/c1-13(16-5-4-8-26-19(16)24)36-22(34)29-20-18(30-31-32(20)3)17-7-6-15(11-27-17)28-21(33)14-9-23(35,10-14)12-25-2/h4-8,11-14,35H,9-10H2,1-3H3,(H,28,33)(H,29,34)/t13-,14?,23?/m1/s1. The van der Waals surface area contributed by atoms with E-state index in [-0.39, 0.29) is 22.8 Å². The average Bonchev–Trinajstić information content (AvgIpc) is 3.18. The fraction of sp³-hybridized carbons (Fsp3) is 0.348. The van der Waals surface area contributed by atoms with Gasteiger partial charge < -0.3 is 15.2 Å². The van der Waals surface area contributed by atoms with Crippen molar-refractivity contribution in [3.8, 4) is 11.4 Å². The summed E-state index contributed by atoms with van der Waals surface area (Å²) < 4.78 is 6.81. The molecule has 12 nitrogen and oxygen atoms in total. The number of aromatic nitrogens is 5. The zero-order valence-electron chi connectivity index (χ0n) is 19.8. The number of rotatable bonds is 7. The van der Waals surface area contributed by atoms with Crippen LogP contribution in [0.2, 0.25) is 5.15 Å². The van der Waals surface area contributed by atoms with Crippen molar-refractivity contribution < 1.29 is 19.4 Å². The maximum absolute atomic E-state index is 12.5. The summed E-state index contributed by atoms with van der Waals surface area (Å²) in [5.74, 6) is -0.232. The lowest BCUT2D eigenvalue weighted by molar-refractivity contribution is -0.128. The minimum absolute atomic E-state index is 0.203. The van der Waals surface area contributed by atoms with Crippen LogP contribution in [0.15, 0.2) is 41.7 Å². The van der Waals surface area contributed by atoms with Gasteiger partial charge in [0.25, 0.3) is 0 Å². The van der Waals surface area contributed by atoms with E-state index in [0.717, 1.165) is 0 Å². The van der Waals surface area contributed by atoms with Gasteiger partial charge in [0.15, 0.2) is 11.5 Å². The second-order valence-electron chi connectivity index (χ2n) is 8.48. The molecule has 36 heavy (non-hydrogen) atoms. The Labute approximate surface area is 211 Å². The number of carbonyl (C=O) groups is 2. The normalized spacial score (nSPS) is 20.0. The van der Waals surface area contributed by atoms with Crippen molar-refractivity contribution in [3.63, 3.8) is 0 Å². The number of ether oxygens (including phenoxy) is 1. The number of halogens is 1. The summed E-state index contributed by atoms with van der Waals surface area (Å²) in [7, 11) is 3.20. The van der Waals surface area contributed by atoms with Crippen LogP contribution >= 0.6 is 11.6 Å². The minimum atomic E-state index is -1.02. The van der Waals surface area contributed by atoms with Gasteiger partial charge in [-0.05, 0) is 38.0 Å². The molecule has 1 aliphatic rings. The number of aliphatic hydroxyl groups is 1. The van der Waals surface area contributed by atoms with Gasteiger partial charge in [0.05, 0.1) is 17.6 Å². The summed E-state index contributed by atoms with van der Waals surface area (Å²) in [6.45, 7) is 1.68. The van der Waals surface area contributed by atoms with Crippen molar-refractivity contribution in [2.24, 2.45) is 18.0 Å². The van der Waals surface area contributed by atoms with Crippen LogP contribution in [-0.4, -0.2) is 60.9 Å². The Hall–Kier alpha value is -3.90. The molecule has 3 aromatic heterocycles. The molecular formula is C23H25ClN8O4. The van der Waals surface area contributed by atoms with E-state index in [9.17, 15) is 14.7 Å². The molecule has 2 amide bonds. The Bertz CT molecular complexity index is 1290. The number of anilines is 2. The lowest BCUT2D eigenvalue weighted by Gasteiger charge is -2.39. The van der Waals surface area contributed by atoms with Gasteiger partial charge in [0.1, 0.15) is 16.9 Å². The van der Waals surface area contributed by atoms with E-state index in [1.807, 2.05) is 0 Å². The van der Waals surface area contributed by atoms with E-state index in [4.69, 9.17) is 16.3 Å². The maximum atomic E-state index is 12.5. The number of carbonyl (C=O) groups excluding carboxylic acids is 2. The molecule has 1 fully saturated rings. The molecule has 0 bridgehead atoms. The van der Waals surface area contributed by atoms with E-state index >= 15 is 0 Å². The molecule has 0 spiro atoms. The Morgan fingerprint density at radius 1 is 1.31 bits per heavy atom. The van der Waals surface area contributed by atoms with Gasteiger partial charge in [-0.3, -0.25) is 20.1 Å². The van der Waals surface area contributed by atoms with Gasteiger partial charge in [-0.25, -0.2) is 14.5 Å². The molecule has 3 heterocycles. The zero-order chi connectivity index (χ0) is 25.9. The highest BCUT2D eigenvalue weighted by Crippen LogP contribution is 2.37. The molecule has 13 heteroatoms. The van der Waals surface area contributed by atoms with Crippen molar-refractivity contribution in [3.05, 3.63) is 47.4 Å². The highest BCUT2D eigenvalue weighted by atomic mass is 35.5. The van der Waals surface area contributed by atoms with Crippen molar-refractivity contribution in [2.75, 3.05) is 17.7 Å². The molecule has 1 saturated carbocycles. The summed E-state index contributed by atoms with van der Waals surface area (Å²) in [6.07, 6.45) is 3.75. The average molecular weight is 513 g/mol. The van der Waals surface area contributed by atoms with Gasteiger partial charge in [0, 0.05) is 38.0 Å². The number of aliphatic imine (C=N–C) groups is 1. The zero-order valence-corrected chi connectivity index (χ0v) is 20.6. The van der Waals surface area contributed by atoms with Gasteiger partial charge in [-0.15, -0.1) is 5.10 Å². The lowest BCUT2D eigenvalue weighted by Crippen LogP contribution is -2.49. The Morgan fingerprint density at radius 2 is 2.08 bits per heavy atom. The second-order valence-corrected chi connectivity index (χ2v) is 8.84. The fourth-order valence-corrected chi connectivity index (χ4v) is 4.17. The molecule has 1 atom stereocenters. The first-order valence-electron chi connectivity index (χ1n) is 11.1. The molecule has 3 aromatic rings. The third-order valence-corrected chi connectivity index (χ3v) is 6.09. The third-order valence-electron chi connectivity index (χ3n) is 5.77. The van der Waals surface area contributed by atoms with Crippen LogP contribution in [0.4, 0.5) is 16.3 Å². The highest BCUT2D eigenvalue weighted by Gasteiger charge is 2.45. The van der Waals surface area contributed by atoms with Crippen molar-refractivity contribution in [1.29, 1.82) is 0 Å². The lowest BCUT2D eigenvalue weighted by atomic mass is 9.71. The van der Waals surface area contributed by atoms with Crippen molar-refractivity contribution in [1.82, 2.24) is 25.0 Å². The van der Waals surface area contributed by atoms with Crippen LogP contribution < -0.4 is 10.6 Å². The molecule has 188 valence electrons. The Morgan fingerprint density at radius 3 is 2.75 bits per heavy atom. The van der Waals surface area contributed by atoms with Gasteiger partial charge in [-0.1, -0.05) is 22.9 Å².